The van der Waals surface area contributed by atoms with Gasteiger partial charge in [-0.1, -0.05) is 32.9 Å². The van der Waals surface area contributed by atoms with Crippen LogP contribution in [0.25, 0.3) is 0 Å². The Balaban J connectivity index is 0.00000705. The second-order valence-corrected chi connectivity index (χ2v) is 12.6. The summed E-state index contributed by atoms with van der Waals surface area (Å²) < 4.78 is 95.3. The van der Waals surface area contributed by atoms with Gasteiger partial charge in [0.2, 0.25) is 5.91 Å². The average molecular weight is 664 g/mol. The second kappa shape index (κ2) is 13.6. The van der Waals surface area contributed by atoms with Gasteiger partial charge in [0, 0.05) is 24.5 Å². The van der Waals surface area contributed by atoms with Crippen molar-refractivity contribution in [1.82, 2.24) is 15.1 Å². The number of benzene rings is 2. The molecule has 1 saturated heterocycles. The fraction of sp³-hybridized carbons (Fsp3) is 0.500. The molecule has 3 rings (SSSR count). The van der Waals surface area contributed by atoms with Crippen molar-refractivity contribution < 1.29 is 40.3 Å². The van der Waals surface area contributed by atoms with Crippen molar-refractivity contribution >= 4 is 25.4 Å². The minimum absolute atomic E-state index is 0. The van der Waals surface area contributed by atoms with Gasteiger partial charge in [0.25, 0.3) is 0 Å². The van der Waals surface area contributed by atoms with E-state index >= 15 is 0 Å². The van der Waals surface area contributed by atoms with E-state index < -0.39 is 58.4 Å². The summed E-state index contributed by atoms with van der Waals surface area (Å²) in [5.74, 6) is -0.710. The van der Waals surface area contributed by atoms with Gasteiger partial charge in [-0.15, -0.1) is 6.58 Å². The number of nitrogens with zero attached hydrogens (tertiary/aromatic N) is 2. The molecule has 2 aromatic rings. The van der Waals surface area contributed by atoms with Gasteiger partial charge in [0.05, 0.1) is 23.2 Å². The number of alkyl halides is 6. The molecule has 0 saturated carbocycles. The maximum atomic E-state index is 14.1. The molecule has 1 N–H and O–H groups in total. The smallest absolute Gasteiger partial charge is 0.350 e. The van der Waals surface area contributed by atoms with Gasteiger partial charge in [-0.3, -0.25) is 4.79 Å². The average Bonchev–Trinajstić information content (AvgIpc) is 2.90. The summed E-state index contributed by atoms with van der Waals surface area (Å²) in [6.45, 7) is 12.2. The minimum Gasteiger partial charge on any atom is -0.350 e. The van der Waals surface area contributed by atoms with Crippen LogP contribution in [-0.2, 0) is 17.1 Å². The molecule has 45 heavy (non-hydrogen) atoms. The third-order valence-corrected chi connectivity index (χ3v) is 8.20. The van der Waals surface area contributed by atoms with Gasteiger partial charge >= 0.3 is 18.4 Å². The van der Waals surface area contributed by atoms with Crippen molar-refractivity contribution in [2.75, 3.05) is 13.6 Å². The first kappa shape index (κ1) is 38.0. The molecule has 1 fully saturated rings. The molecule has 3 atom stereocenters. The van der Waals surface area contributed by atoms with Crippen LogP contribution >= 0.6 is 13.5 Å². The first-order chi connectivity index (χ1) is 20.1. The van der Waals surface area contributed by atoms with Crippen molar-refractivity contribution in [2.45, 2.75) is 83.9 Å². The zero-order chi connectivity index (χ0) is 33.4. The Bertz CT molecular complexity index is 1370. The number of halogens is 7. The minimum atomic E-state index is -5.04. The van der Waals surface area contributed by atoms with Gasteiger partial charge in [-0.25, -0.2) is 9.18 Å². The fourth-order valence-corrected chi connectivity index (χ4v) is 5.46. The third-order valence-electron chi connectivity index (χ3n) is 8.20. The molecule has 1 aliphatic heterocycles. The molecule has 0 aromatic heterocycles. The van der Waals surface area contributed by atoms with Crippen LogP contribution in [0.1, 0.15) is 86.9 Å². The zero-order valence-corrected chi connectivity index (χ0v) is 27.1. The fourth-order valence-electron chi connectivity index (χ4n) is 5.46. The van der Waals surface area contributed by atoms with E-state index in [4.69, 9.17) is 0 Å². The lowest BCUT2D eigenvalue weighted by atomic mass is 9.77. The SMILES string of the molecule is C=CC[C@@]1(NC(=O)C(C)(C)C)CCN(C(=O)N(C)[C@H](C)c2cc(C(F)(F)F)cc(C(F)(F)F)c2)[C@@H](c2ccc(F)cc2C)C1.S. The number of rotatable bonds is 6. The van der Waals surface area contributed by atoms with E-state index in [1.54, 1.807) is 33.8 Å². The quantitative estimate of drug-likeness (QED) is 0.248. The van der Waals surface area contributed by atoms with Gasteiger partial charge < -0.3 is 15.1 Å². The standard InChI is InChI=1S/C32H38F7N3O2.H2S/c1-8-11-30(40-27(43)29(4,5)6)12-13-42(26(18-30)25-10-9-24(33)14-19(25)2)28(44)41(7)20(3)21-15-22(31(34,35)36)17-23(16-21)32(37,38)39;/h8-10,14-17,20,26H,1,11-13,18H2,2-7H3,(H,40,43);1H2/t20-,26-,30-;/m1./s1. The number of amides is 3. The molecule has 1 heterocycles. The van der Waals surface area contributed by atoms with E-state index in [0.29, 0.717) is 36.1 Å². The lowest BCUT2D eigenvalue weighted by Gasteiger charge is -2.49. The summed E-state index contributed by atoms with van der Waals surface area (Å²) in [6.07, 6.45) is -7.54. The van der Waals surface area contributed by atoms with E-state index in [9.17, 15) is 40.3 Å². The van der Waals surface area contributed by atoms with Crippen LogP contribution < -0.4 is 5.32 Å². The number of piperidine rings is 1. The molecule has 2 aromatic carbocycles. The molecule has 0 bridgehead atoms. The Morgan fingerprint density at radius 3 is 2.09 bits per heavy atom. The van der Waals surface area contributed by atoms with Crippen molar-refractivity contribution in [3.63, 3.8) is 0 Å². The number of hydrogen-bond acceptors (Lipinski definition) is 2. The molecule has 250 valence electrons. The molecule has 5 nitrogen and oxygen atoms in total. The predicted molar refractivity (Wildman–Crippen MR) is 163 cm³/mol. The number of urea groups is 1. The van der Waals surface area contributed by atoms with E-state index in [-0.39, 0.29) is 44.0 Å². The van der Waals surface area contributed by atoms with Crippen LogP contribution in [0.3, 0.4) is 0 Å². The number of carbonyl (C=O) groups is 2. The van der Waals surface area contributed by atoms with Crippen molar-refractivity contribution in [3.8, 4) is 0 Å². The van der Waals surface area contributed by atoms with E-state index in [1.807, 2.05) is 0 Å². The monoisotopic (exact) mass is 663 g/mol. The van der Waals surface area contributed by atoms with Crippen LogP contribution in [0.5, 0.6) is 0 Å². The molecule has 0 spiro atoms. The topological polar surface area (TPSA) is 52.7 Å². The van der Waals surface area contributed by atoms with E-state index in [1.165, 1.54) is 37.1 Å². The van der Waals surface area contributed by atoms with Gasteiger partial charge in [-0.05, 0) is 80.1 Å². The number of likely N-dealkylation sites (tertiary alicyclic amines) is 1. The Hall–Kier alpha value is -3.22. The highest BCUT2D eigenvalue weighted by atomic mass is 32.1. The Kier molecular flexibility index (Phi) is 11.5. The number of nitrogens with one attached hydrogen (secondary N) is 1. The maximum absolute atomic E-state index is 14.1. The van der Waals surface area contributed by atoms with Crippen LogP contribution in [0.15, 0.2) is 49.1 Å². The van der Waals surface area contributed by atoms with E-state index in [0.717, 1.165) is 4.90 Å². The lowest BCUT2D eigenvalue weighted by molar-refractivity contribution is -0.143. The predicted octanol–water partition coefficient (Wildman–Crippen LogP) is 8.71. The zero-order valence-electron chi connectivity index (χ0n) is 26.1. The summed E-state index contributed by atoms with van der Waals surface area (Å²) in [6, 6.07) is 2.82. The molecule has 0 aliphatic carbocycles. The van der Waals surface area contributed by atoms with Crippen LogP contribution in [0, 0.1) is 18.2 Å². The highest BCUT2D eigenvalue weighted by molar-refractivity contribution is 7.59. The summed E-state index contributed by atoms with van der Waals surface area (Å²) in [7, 11) is 1.31. The van der Waals surface area contributed by atoms with Crippen molar-refractivity contribution in [1.29, 1.82) is 0 Å². The summed E-state index contributed by atoms with van der Waals surface area (Å²) in [5.41, 5.74) is -3.70. The van der Waals surface area contributed by atoms with Gasteiger partial charge in [-0.2, -0.15) is 39.8 Å². The highest BCUT2D eigenvalue weighted by Crippen LogP contribution is 2.42. The molecule has 3 amide bonds. The second-order valence-electron chi connectivity index (χ2n) is 12.6. The molecule has 0 radical (unpaired) electrons. The summed E-state index contributed by atoms with van der Waals surface area (Å²) >= 11 is 0. The first-order valence-electron chi connectivity index (χ1n) is 14.1. The highest BCUT2D eigenvalue weighted by Gasteiger charge is 2.45. The number of hydrogen-bond donors (Lipinski definition) is 1. The van der Waals surface area contributed by atoms with Gasteiger partial charge in [0.15, 0.2) is 0 Å². The Labute approximate surface area is 266 Å². The summed E-state index contributed by atoms with van der Waals surface area (Å²) in [4.78, 5) is 29.7. The van der Waals surface area contributed by atoms with Crippen molar-refractivity contribution in [3.05, 3.63) is 82.7 Å². The number of carbonyl (C=O) groups excluding carboxylic acids is 2. The Morgan fingerprint density at radius 2 is 1.62 bits per heavy atom. The normalized spacial score (nSPS) is 19.8. The van der Waals surface area contributed by atoms with Gasteiger partial charge in [0.1, 0.15) is 5.82 Å². The molecule has 13 heteroatoms. The lowest BCUT2D eigenvalue weighted by Crippen LogP contribution is -2.59. The van der Waals surface area contributed by atoms with E-state index in [2.05, 4.69) is 11.9 Å². The summed E-state index contributed by atoms with van der Waals surface area (Å²) in [5, 5.41) is 3.13. The molecular weight excluding hydrogens is 623 g/mol. The van der Waals surface area contributed by atoms with Crippen molar-refractivity contribution in [2.24, 2.45) is 5.41 Å². The Morgan fingerprint density at radius 1 is 1.07 bits per heavy atom. The first-order valence-corrected chi connectivity index (χ1v) is 14.1. The van der Waals surface area contributed by atoms with Crippen LogP contribution in [-0.4, -0.2) is 40.9 Å². The maximum Gasteiger partial charge on any atom is 0.416 e. The molecule has 0 unspecified atom stereocenters. The third kappa shape index (κ3) is 8.74. The molecular formula is C32H40F7N3O2S. The largest absolute Gasteiger partial charge is 0.416 e. The van der Waals surface area contributed by atoms with Crippen LogP contribution in [0.2, 0.25) is 0 Å². The number of aryl methyl sites for hydroxylation is 1. The van der Waals surface area contributed by atoms with Crippen LogP contribution in [0.4, 0.5) is 35.5 Å². The molecule has 1 aliphatic rings.